The molecule has 0 aliphatic rings. The molecular weight excluding hydrogens is 531 g/mol. The van der Waals surface area contributed by atoms with Crippen molar-refractivity contribution in [3.8, 4) is 5.75 Å². The summed E-state index contributed by atoms with van der Waals surface area (Å²) in [5.41, 5.74) is 0.347. The van der Waals surface area contributed by atoms with Crippen molar-refractivity contribution < 1.29 is 36.3 Å². The van der Waals surface area contributed by atoms with Gasteiger partial charge >= 0.3 is 0 Å². The predicted molar refractivity (Wildman–Crippen MR) is 135 cm³/mol. The maximum Gasteiger partial charge on any atom is 0.215 e. The van der Waals surface area contributed by atoms with E-state index in [1.54, 1.807) is 66.7 Å². The van der Waals surface area contributed by atoms with Gasteiger partial charge in [-0.05, 0) is 42.0 Å². The van der Waals surface area contributed by atoms with Gasteiger partial charge in [0.2, 0.25) is 17.4 Å². The highest BCUT2D eigenvalue weighted by molar-refractivity contribution is 6.08. The van der Waals surface area contributed by atoms with E-state index in [1.807, 2.05) is 0 Å². The molecule has 1 atom stereocenters. The second-order valence-corrected chi connectivity index (χ2v) is 8.83. The van der Waals surface area contributed by atoms with Crippen molar-refractivity contribution in [1.29, 1.82) is 0 Å². The molecule has 0 fully saturated rings. The third-order valence-electron chi connectivity index (χ3n) is 6.45. The average Bonchev–Trinajstić information content (AvgIpc) is 3.67. The second-order valence-electron chi connectivity index (χ2n) is 8.83. The number of hydrogen-bond donors (Lipinski definition) is 2. The first-order valence-corrected chi connectivity index (χ1v) is 11.9. The number of aromatic nitrogens is 2. The number of aromatic amines is 2. The number of benzene rings is 3. The number of ether oxygens (including phenoxy) is 1. The molecule has 10 heteroatoms. The Morgan fingerprint density at radius 1 is 0.625 bits per heavy atom. The Kier molecular flexibility index (Phi) is 7.08. The van der Waals surface area contributed by atoms with Gasteiger partial charge in [-0.3, -0.25) is 9.59 Å². The average molecular weight is 550 g/mol. The van der Waals surface area contributed by atoms with E-state index in [2.05, 4.69) is 9.97 Å². The molecule has 0 spiro atoms. The molecule has 2 heterocycles. The van der Waals surface area contributed by atoms with Crippen LogP contribution in [0.1, 0.15) is 55.0 Å². The number of nitrogens with one attached hydrogen (secondary N) is 2. The molecule has 0 aliphatic heterocycles. The zero-order chi connectivity index (χ0) is 28.6. The lowest BCUT2D eigenvalue weighted by atomic mass is 9.92. The fourth-order valence-corrected chi connectivity index (χ4v) is 4.43. The Morgan fingerprint density at radius 3 is 1.65 bits per heavy atom. The molecule has 5 rings (SSSR count). The van der Waals surface area contributed by atoms with Crippen LogP contribution in [-0.2, 0) is 0 Å². The van der Waals surface area contributed by atoms with Crippen LogP contribution in [0.2, 0.25) is 0 Å². The molecule has 5 nitrogen and oxygen atoms in total. The summed E-state index contributed by atoms with van der Waals surface area (Å²) in [7, 11) is 1.50. The van der Waals surface area contributed by atoms with Crippen LogP contribution in [0.4, 0.5) is 22.0 Å². The predicted octanol–water partition coefficient (Wildman–Crippen LogP) is 6.69. The zero-order valence-corrected chi connectivity index (χ0v) is 20.7. The van der Waals surface area contributed by atoms with Gasteiger partial charge in [0, 0.05) is 17.0 Å². The maximum atomic E-state index is 14.3. The molecule has 1 unspecified atom stereocenters. The fraction of sp³-hybridized carbons (Fsp3) is 0.0667. The van der Waals surface area contributed by atoms with E-state index >= 15 is 0 Å². The molecule has 0 amide bonds. The topological polar surface area (TPSA) is 75.0 Å². The first-order valence-electron chi connectivity index (χ1n) is 11.9. The van der Waals surface area contributed by atoms with Crippen molar-refractivity contribution in [2.45, 2.75) is 5.92 Å². The third kappa shape index (κ3) is 4.68. The van der Waals surface area contributed by atoms with Gasteiger partial charge in [0.1, 0.15) is 11.3 Å². The van der Waals surface area contributed by atoms with Gasteiger partial charge in [0.15, 0.2) is 23.3 Å². The second kappa shape index (κ2) is 10.6. The SMILES string of the molecule is COc1ccc(C(c2ccc(C(=O)c3ccccc3)[nH]2)c2ccc(C(=O)c3c(F)c(F)c(F)c(F)c3F)[nH]2)cc1. The van der Waals surface area contributed by atoms with Gasteiger partial charge in [-0.1, -0.05) is 42.5 Å². The van der Waals surface area contributed by atoms with Gasteiger partial charge < -0.3 is 14.7 Å². The molecule has 0 bridgehead atoms. The monoisotopic (exact) mass is 550 g/mol. The zero-order valence-electron chi connectivity index (χ0n) is 20.7. The van der Waals surface area contributed by atoms with E-state index in [0.717, 1.165) is 0 Å². The van der Waals surface area contributed by atoms with Crippen molar-refractivity contribution in [2.24, 2.45) is 0 Å². The van der Waals surface area contributed by atoms with E-state index < -0.39 is 52.0 Å². The Hall–Kier alpha value is -4.99. The number of carbonyl (C=O) groups excluding carboxylic acids is 2. The third-order valence-corrected chi connectivity index (χ3v) is 6.45. The number of methoxy groups -OCH3 is 1. The van der Waals surface area contributed by atoms with Crippen LogP contribution < -0.4 is 4.74 Å². The van der Waals surface area contributed by atoms with Gasteiger partial charge in [0.05, 0.1) is 24.4 Å². The van der Waals surface area contributed by atoms with Crippen molar-refractivity contribution in [1.82, 2.24) is 9.97 Å². The maximum absolute atomic E-state index is 14.3. The molecule has 0 saturated heterocycles. The van der Waals surface area contributed by atoms with E-state index in [4.69, 9.17) is 4.74 Å². The summed E-state index contributed by atoms with van der Waals surface area (Å²) in [5.74, 6) is -13.0. The van der Waals surface area contributed by atoms with Gasteiger partial charge in [-0.2, -0.15) is 0 Å². The van der Waals surface area contributed by atoms with Crippen molar-refractivity contribution in [2.75, 3.05) is 7.11 Å². The fourth-order valence-electron chi connectivity index (χ4n) is 4.43. The first-order chi connectivity index (χ1) is 19.2. The van der Waals surface area contributed by atoms with Gasteiger partial charge in [0.25, 0.3) is 0 Å². The lowest BCUT2D eigenvalue weighted by Gasteiger charge is -2.16. The summed E-state index contributed by atoms with van der Waals surface area (Å²) >= 11 is 0. The summed E-state index contributed by atoms with van der Waals surface area (Å²) in [6.07, 6.45) is 0. The highest BCUT2D eigenvalue weighted by Crippen LogP contribution is 2.33. The summed E-state index contributed by atoms with van der Waals surface area (Å²) in [6.45, 7) is 0. The summed E-state index contributed by atoms with van der Waals surface area (Å²) in [5, 5.41) is 0. The highest BCUT2D eigenvalue weighted by Gasteiger charge is 2.31. The smallest absolute Gasteiger partial charge is 0.215 e. The van der Waals surface area contributed by atoms with Crippen LogP contribution in [0.5, 0.6) is 5.75 Å². The minimum atomic E-state index is -2.36. The molecular formula is C30H19F5N2O3. The molecule has 40 heavy (non-hydrogen) atoms. The highest BCUT2D eigenvalue weighted by atomic mass is 19.2. The number of hydrogen-bond acceptors (Lipinski definition) is 3. The molecule has 2 aromatic heterocycles. The number of H-pyrrole nitrogens is 2. The molecule has 0 radical (unpaired) electrons. The van der Waals surface area contributed by atoms with Gasteiger partial charge in [-0.25, -0.2) is 22.0 Å². The Bertz CT molecular complexity index is 1700. The lowest BCUT2D eigenvalue weighted by molar-refractivity contribution is 0.102. The van der Waals surface area contributed by atoms with Crippen LogP contribution in [0.25, 0.3) is 0 Å². The van der Waals surface area contributed by atoms with Crippen molar-refractivity contribution in [3.63, 3.8) is 0 Å². The van der Waals surface area contributed by atoms with Crippen LogP contribution >= 0.6 is 0 Å². The number of rotatable bonds is 8. The molecule has 202 valence electrons. The summed E-state index contributed by atoms with van der Waals surface area (Å²) in [6, 6.07) is 21.4. The normalized spacial score (nSPS) is 11.8. The van der Waals surface area contributed by atoms with E-state index in [9.17, 15) is 31.5 Å². The van der Waals surface area contributed by atoms with E-state index in [0.29, 0.717) is 34.0 Å². The first kappa shape index (κ1) is 26.6. The minimum Gasteiger partial charge on any atom is -0.497 e. The summed E-state index contributed by atoms with van der Waals surface area (Å²) in [4.78, 5) is 31.7. The standard InChI is InChI=1S/C30H19F5N2O3/c1-40-17-9-7-15(8-10-17)22(18-11-13-20(36-18)29(38)16-5-3-2-4-6-16)19-12-14-21(37-19)30(39)23-24(31)26(33)28(35)27(34)25(23)32/h2-14,22,36-37H,1H3. The largest absolute Gasteiger partial charge is 0.497 e. The molecule has 0 saturated carbocycles. The van der Waals surface area contributed by atoms with Crippen molar-refractivity contribution in [3.05, 3.63) is 147 Å². The van der Waals surface area contributed by atoms with Gasteiger partial charge in [-0.15, -0.1) is 0 Å². The van der Waals surface area contributed by atoms with Crippen LogP contribution in [0.3, 0.4) is 0 Å². The Morgan fingerprint density at radius 2 is 1.12 bits per heavy atom. The molecule has 2 N–H and O–H groups in total. The van der Waals surface area contributed by atoms with Crippen LogP contribution in [0, 0.1) is 29.1 Å². The number of carbonyl (C=O) groups is 2. The number of halogens is 5. The molecule has 5 aromatic rings. The quantitative estimate of drug-likeness (QED) is 0.0979. The Labute approximate surface area is 224 Å². The molecule has 0 aliphatic carbocycles. The minimum absolute atomic E-state index is 0.256. The van der Waals surface area contributed by atoms with Crippen LogP contribution in [-0.4, -0.2) is 28.6 Å². The van der Waals surface area contributed by atoms with Crippen molar-refractivity contribution >= 4 is 11.6 Å². The van der Waals surface area contributed by atoms with E-state index in [1.165, 1.54) is 19.2 Å². The lowest BCUT2D eigenvalue weighted by Crippen LogP contribution is -2.14. The Balaban J connectivity index is 1.56. The summed E-state index contributed by atoms with van der Waals surface area (Å²) < 4.78 is 74.8. The van der Waals surface area contributed by atoms with Crippen LogP contribution in [0.15, 0.2) is 78.9 Å². The molecule has 3 aromatic carbocycles. The van der Waals surface area contributed by atoms with E-state index in [-0.39, 0.29) is 5.78 Å². The number of ketones is 2.